The van der Waals surface area contributed by atoms with Crippen LogP contribution in [0.15, 0.2) is 30.6 Å². The molecule has 0 aliphatic rings. The van der Waals surface area contributed by atoms with E-state index in [1.165, 1.54) is 11.1 Å². The second-order valence-electron chi connectivity index (χ2n) is 5.41. The van der Waals surface area contributed by atoms with Crippen LogP contribution in [0.4, 0.5) is 5.82 Å². The van der Waals surface area contributed by atoms with Gasteiger partial charge >= 0.3 is 0 Å². The number of hydrogen-bond acceptors (Lipinski definition) is 4. The molecule has 1 heterocycles. The van der Waals surface area contributed by atoms with Crippen LogP contribution in [0.5, 0.6) is 5.75 Å². The number of ether oxygens (including phenoxy) is 1. The number of hydrogen-bond donors (Lipinski definition) is 1. The topological polar surface area (TPSA) is 47.0 Å². The molecule has 1 aromatic heterocycles. The van der Waals surface area contributed by atoms with E-state index in [-0.39, 0.29) is 0 Å². The van der Waals surface area contributed by atoms with E-state index in [0.717, 1.165) is 23.8 Å². The highest BCUT2D eigenvalue weighted by molar-refractivity contribution is 5.39. The van der Waals surface area contributed by atoms with Gasteiger partial charge in [0.1, 0.15) is 18.2 Å². The van der Waals surface area contributed by atoms with Crippen LogP contribution in [-0.2, 0) is 6.61 Å². The Morgan fingerprint density at radius 3 is 2.62 bits per heavy atom. The first-order valence-corrected chi connectivity index (χ1v) is 7.38. The molecule has 0 saturated carbocycles. The number of benzene rings is 1. The van der Waals surface area contributed by atoms with Gasteiger partial charge in [0, 0.05) is 6.54 Å². The molecule has 0 unspecified atom stereocenters. The minimum atomic E-state index is 0.433. The van der Waals surface area contributed by atoms with Crippen LogP contribution >= 0.6 is 0 Å². The molecule has 1 aromatic carbocycles. The molecular weight excluding hydrogens is 262 g/mol. The van der Waals surface area contributed by atoms with Gasteiger partial charge in [0.15, 0.2) is 0 Å². The number of rotatable bonds is 6. The first kappa shape index (κ1) is 15.3. The van der Waals surface area contributed by atoms with Gasteiger partial charge < -0.3 is 10.1 Å². The predicted molar refractivity (Wildman–Crippen MR) is 85.8 cm³/mol. The van der Waals surface area contributed by atoms with Crippen molar-refractivity contribution in [2.75, 3.05) is 11.9 Å². The first-order chi connectivity index (χ1) is 10.1. The summed E-state index contributed by atoms with van der Waals surface area (Å²) in [6, 6.07) is 6.33. The molecule has 21 heavy (non-hydrogen) atoms. The van der Waals surface area contributed by atoms with Crippen LogP contribution in [0.25, 0.3) is 0 Å². The molecule has 2 aromatic rings. The summed E-state index contributed by atoms with van der Waals surface area (Å²) in [6.07, 6.45) is 3.49. The van der Waals surface area contributed by atoms with Crippen molar-refractivity contribution in [3.8, 4) is 5.75 Å². The Balaban J connectivity index is 2.07. The minimum absolute atomic E-state index is 0.433. The van der Waals surface area contributed by atoms with Crippen LogP contribution < -0.4 is 10.1 Å². The van der Waals surface area contributed by atoms with Gasteiger partial charge in [-0.15, -0.1) is 0 Å². The molecule has 0 fully saturated rings. The lowest BCUT2D eigenvalue weighted by atomic mass is 10.0. The lowest BCUT2D eigenvalue weighted by molar-refractivity contribution is 0.296. The molecule has 112 valence electrons. The summed E-state index contributed by atoms with van der Waals surface area (Å²) in [5, 5.41) is 3.13. The zero-order chi connectivity index (χ0) is 15.2. The summed E-state index contributed by atoms with van der Waals surface area (Å²) in [4.78, 5) is 8.66. The van der Waals surface area contributed by atoms with E-state index < -0.39 is 0 Å². The molecule has 0 aliphatic heterocycles. The zero-order valence-electron chi connectivity index (χ0n) is 13.2. The average Bonchev–Trinajstić information content (AvgIpc) is 2.46. The normalized spacial score (nSPS) is 10.7. The van der Waals surface area contributed by atoms with Gasteiger partial charge in [0.2, 0.25) is 0 Å². The molecule has 4 nitrogen and oxygen atoms in total. The van der Waals surface area contributed by atoms with Crippen LogP contribution in [0, 0.1) is 6.92 Å². The van der Waals surface area contributed by atoms with E-state index in [0.29, 0.717) is 12.5 Å². The lowest BCUT2D eigenvalue weighted by Gasteiger charge is -2.14. The highest BCUT2D eigenvalue weighted by Gasteiger charge is 2.08. The fraction of sp³-hybridized carbons (Fsp3) is 0.412. The summed E-state index contributed by atoms with van der Waals surface area (Å²) in [5.74, 6) is 2.16. The van der Waals surface area contributed by atoms with E-state index >= 15 is 0 Å². The average molecular weight is 285 g/mol. The Hall–Kier alpha value is -2.10. The van der Waals surface area contributed by atoms with E-state index in [2.05, 4.69) is 54.3 Å². The molecule has 1 N–H and O–H groups in total. The highest BCUT2D eigenvalue weighted by atomic mass is 16.5. The Morgan fingerprint density at radius 1 is 1.19 bits per heavy atom. The van der Waals surface area contributed by atoms with Gasteiger partial charge in [0.25, 0.3) is 0 Å². The maximum atomic E-state index is 5.94. The van der Waals surface area contributed by atoms with Crippen molar-refractivity contribution in [2.24, 2.45) is 0 Å². The predicted octanol–water partition coefficient (Wildman–Crippen LogP) is 3.92. The van der Waals surface area contributed by atoms with E-state index in [4.69, 9.17) is 4.74 Å². The number of aryl methyl sites for hydroxylation is 1. The van der Waals surface area contributed by atoms with Crippen molar-refractivity contribution < 1.29 is 4.74 Å². The molecule has 0 spiro atoms. The molecule has 0 aliphatic carbocycles. The lowest BCUT2D eigenvalue weighted by Crippen LogP contribution is -2.04. The van der Waals surface area contributed by atoms with Crippen LogP contribution in [0.3, 0.4) is 0 Å². The van der Waals surface area contributed by atoms with Gasteiger partial charge in [0.05, 0.1) is 18.1 Å². The van der Waals surface area contributed by atoms with Gasteiger partial charge in [-0.25, -0.2) is 4.98 Å². The molecule has 0 saturated heterocycles. The van der Waals surface area contributed by atoms with Crippen molar-refractivity contribution in [3.05, 3.63) is 47.4 Å². The van der Waals surface area contributed by atoms with Crippen LogP contribution in [-0.4, -0.2) is 16.5 Å². The zero-order valence-corrected chi connectivity index (χ0v) is 13.2. The number of anilines is 1. The summed E-state index contributed by atoms with van der Waals surface area (Å²) in [5.41, 5.74) is 3.24. The van der Waals surface area contributed by atoms with Crippen molar-refractivity contribution in [2.45, 2.75) is 40.2 Å². The molecule has 0 amide bonds. The Kier molecular flexibility index (Phi) is 5.14. The first-order valence-electron chi connectivity index (χ1n) is 7.38. The molecule has 0 atom stereocenters. The molecule has 0 radical (unpaired) electrons. The SMILES string of the molecule is CCNc1cnc(COc2cc(C)ccc2C(C)C)cn1. The third kappa shape index (κ3) is 4.18. The molecular formula is C17H23N3O. The fourth-order valence-electron chi connectivity index (χ4n) is 2.10. The number of nitrogens with zero attached hydrogens (tertiary/aromatic N) is 2. The smallest absolute Gasteiger partial charge is 0.144 e. The number of aromatic nitrogens is 2. The highest BCUT2D eigenvalue weighted by Crippen LogP contribution is 2.28. The van der Waals surface area contributed by atoms with Crippen LogP contribution in [0.1, 0.15) is 43.5 Å². The molecule has 4 heteroatoms. The Morgan fingerprint density at radius 2 is 2.00 bits per heavy atom. The second kappa shape index (κ2) is 7.07. The summed E-state index contributed by atoms with van der Waals surface area (Å²) in [7, 11) is 0. The van der Waals surface area contributed by atoms with E-state index in [1.54, 1.807) is 12.4 Å². The number of nitrogens with one attached hydrogen (secondary N) is 1. The van der Waals surface area contributed by atoms with Gasteiger partial charge in [-0.1, -0.05) is 26.0 Å². The molecule has 2 rings (SSSR count). The van der Waals surface area contributed by atoms with Crippen molar-refractivity contribution in [1.29, 1.82) is 0 Å². The van der Waals surface area contributed by atoms with E-state index in [9.17, 15) is 0 Å². The third-order valence-electron chi connectivity index (χ3n) is 3.23. The van der Waals surface area contributed by atoms with Crippen molar-refractivity contribution in [3.63, 3.8) is 0 Å². The summed E-state index contributed by atoms with van der Waals surface area (Å²) < 4.78 is 5.94. The maximum absolute atomic E-state index is 5.94. The minimum Gasteiger partial charge on any atom is -0.487 e. The second-order valence-corrected chi connectivity index (χ2v) is 5.41. The fourth-order valence-corrected chi connectivity index (χ4v) is 2.10. The largest absolute Gasteiger partial charge is 0.487 e. The Labute approximate surface area is 126 Å². The summed E-state index contributed by atoms with van der Waals surface area (Å²) >= 11 is 0. The van der Waals surface area contributed by atoms with Crippen LogP contribution in [0.2, 0.25) is 0 Å². The Bertz CT molecular complexity index is 579. The van der Waals surface area contributed by atoms with Crippen molar-refractivity contribution >= 4 is 5.82 Å². The monoisotopic (exact) mass is 285 g/mol. The van der Waals surface area contributed by atoms with Gasteiger partial charge in [-0.05, 0) is 37.0 Å². The van der Waals surface area contributed by atoms with Gasteiger partial charge in [-0.2, -0.15) is 0 Å². The van der Waals surface area contributed by atoms with Gasteiger partial charge in [-0.3, -0.25) is 4.98 Å². The van der Waals surface area contributed by atoms with Crippen molar-refractivity contribution in [1.82, 2.24) is 9.97 Å². The standard InChI is InChI=1S/C17H23N3O/c1-5-18-17-10-19-14(9-20-17)11-21-16-8-13(4)6-7-15(16)12(2)3/h6-10,12H,5,11H2,1-4H3,(H,18,20). The maximum Gasteiger partial charge on any atom is 0.144 e. The molecule has 0 bridgehead atoms. The quantitative estimate of drug-likeness (QED) is 0.874. The third-order valence-corrected chi connectivity index (χ3v) is 3.23. The van der Waals surface area contributed by atoms with E-state index in [1.807, 2.05) is 6.92 Å². The summed E-state index contributed by atoms with van der Waals surface area (Å²) in [6.45, 7) is 9.71.